The SMILES string of the molecule is COCc1cc(C(C)(C)c2ccc(C(C)(c3cc(COC)c(O)c(COC)c3)c3cc(COC)c(O)c(C(C)=O)c3)cc2)cc(COC)c1O. The van der Waals surface area contributed by atoms with Gasteiger partial charge in [-0.3, -0.25) is 4.79 Å². The van der Waals surface area contributed by atoms with E-state index in [-0.39, 0.29) is 61.6 Å². The van der Waals surface area contributed by atoms with Gasteiger partial charge in [-0.2, -0.15) is 0 Å². The molecule has 4 aromatic rings. The van der Waals surface area contributed by atoms with Crippen molar-refractivity contribution in [2.45, 2.75) is 71.6 Å². The Labute approximate surface area is 295 Å². The molecular weight excluding hydrogens is 636 g/mol. The van der Waals surface area contributed by atoms with Crippen LogP contribution in [0.1, 0.15) is 93.7 Å². The van der Waals surface area contributed by atoms with Crippen LogP contribution in [0.25, 0.3) is 0 Å². The molecule has 4 aromatic carbocycles. The summed E-state index contributed by atoms with van der Waals surface area (Å²) in [4.78, 5) is 12.8. The van der Waals surface area contributed by atoms with Crippen LogP contribution in [0.2, 0.25) is 0 Å². The minimum absolute atomic E-state index is 0.0988. The molecule has 9 nitrogen and oxygen atoms in total. The Bertz CT molecular complexity index is 1760. The Balaban J connectivity index is 1.99. The summed E-state index contributed by atoms with van der Waals surface area (Å²) < 4.78 is 27.1. The Morgan fingerprint density at radius 2 is 0.820 bits per heavy atom. The van der Waals surface area contributed by atoms with Crippen molar-refractivity contribution in [1.82, 2.24) is 0 Å². The lowest BCUT2D eigenvalue weighted by Crippen LogP contribution is -2.27. The molecule has 0 amide bonds. The van der Waals surface area contributed by atoms with Crippen molar-refractivity contribution in [2.75, 3.05) is 35.5 Å². The zero-order chi connectivity index (χ0) is 36.8. The van der Waals surface area contributed by atoms with Crippen molar-refractivity contribution in [3.05, 3.63) is 122 Å². The van der Waals surface area contributed by atoms with E-state index in [1.807, 2.05) is 30.3 Å². The number of ketones is 1. The number of hydrogen-bond donors (Lipinski definition) is 3. The summed E-state index contributed by atoms with van der Waals surface area (Å²) in [6, 6.07) is 19.7. The van der Waals surface area contributed by atoms with Crippen molar-refractivity contribution in [3.8, 4) is 17.2 Å². The van der Waals surface area contributed by atoms with Crippen LogP contribution in [0.4, 0.5) is 0 Å². The van der Waals surface area contributed by atoms with Gasteiger partial charge < -0.3 is 39.0 Å². The first-order chi connectivity index (χ1) is 23.8. The predicted octanol–water partition coefficient (Wildman–Crippen LogP) is 7.42. The van der Waals surface area contributed by atoms with E-state index in [1.165, 1.54) is 14.0 Å². The molecule has 0 aliphatic carbocycles. The molecule has 3 N–H and O–H groups in total. The molecule has 9 heteroatoms. The second kappa shape index (κ2) is 16.2. The van der Waals surface area contributed by atoms with Gasteiger partial charge >= 0.3 is 0 Å². The van der Waals surface area contributed by atoms with Gasteiger partial charge in [0.15, 0.2) is 5.78 Å². The average molecular weight is 687 g/mol. The maximum atomic E-state index is 12.8. The zero-order valence-corrected chi connectivity index (χ0v) is 30.6. The standard InChI is InChI=1S/C41H50O9/c1-25(42)36-19-35(18-30(24-50-9)39(36)45)41(4,34-16-28(22-48-7)38(44)29(17-34)23-49-8)32-12-10-31(11-13-32)40(2,3)33-14-26(20-46-5)37(43)27(15-33)21-47-6/h10-19,43-45H,20-24H2,1-9H3. The number of phenolic OH excluding ortho intramolecular Hbond substituents is 3. The van der Waals surface area contributed by atoms with Crippen LogP contribution < -0.4 is 0 Å². The number of methoxy groups -OCH3 is 5. The number of aromatic hydroxyl groups is 3. The highest BCUT2D eigenvalue weighted by molar-refractivity contribution is 5.97. The molecule has 0 aromatic heterocycles. The summed E-state index contributed by atoms with van der Waals surface area (Å²) in [5.74, 6) is -0.119. The van der Waals surface area contributed by atoms with E-state index >= 15 is 0 Å². The van der Waals surface area contributed by atoms with Gasteiger partial charge in [-0.25, -0.2) is 0 Å². The van der Waals surface area contributed by atoms with Gasteiger partial charge in [0.2, 0.25) is 0 Å². The summed E-state index contributed by atoms with van der Waals surface area (Å²) >= 11 is 0. The number of carbonyl (C=O) groups is 1. The molecule has 0 fully saturated rings. The van der Waals surface area contributed by atoms with E-state index in [0.717, 1.165) is 27.8 Å². The molecule has 0 radical (unpaired) electrons. The summed E-state index contributed by atoms with van der Waals surface area (Å²) in [6.07, 6.45) is 0. The first kappa shape index (κ1) is 38.6. The lowest BCUT2D eigenvalue weighted by molar-refractivity contribution is 0.101. The van der Waals surface area contributed by atoms with Gasteiger partial charge in [0.1, 0.15) is 17.2 Å². The molecular formula is C41H50O9. The molecule has 0 bridgehead atoms. The van der Waals surface area contributed by atoms with E-state index in [0.29, 0.717) is 27.8 Å². The fraction of sp³-hybridized carbons (Fsp3) is 0.390. The first-order valence-electron chi connectivity index (χ1n) is 16.4. The monoisotopic (exact) mass is 686 g/mol. The summed E-state index contributed by atoms with van der Waals surface area (Å²) in [6.45, 7) is 8.71. The maximum absolute atomic E-state index is 12.8. The van der Waals surface area contributed by atoms with E-state index in [1.54, 1.807) is 34.5 Å². The fourth-order valence-corrected chi connectivity index (χ4v) is 6.64. The van der Waals surface area contributed by atoms with Crippen LogP contribution in [0.5, 0.6) is 17.2 Å². The minimum atomic E-state index is -0.891. The molecule has 268 valence electrons. The molecule has 1 unspecified atom stereocenters. The molecule has 0 saturated carbocycles. The number of carbonyl (C=O) groups excluding carboxylic acids is 1. The third kappa shape index (κ3) is 7.57. The molecule has 1 atom stereocenters. The summed E-state index contributed by atoms with van der Waals surface area (Å²) in [5, 5.41) is 33.0. The molecule has 0 spiro atoms. The van der Waals surface area contributed by atoms with Crippen molar-refractivity contribution < 1.29 is 43.8 Å². The lowest BCUT2D eigenvalue weighted by atomic mass is 9.68. The smallest absolute Gasteiger partial charge is 0.163 e. The number of ether oxygens (including phenoxy) is 5. The molecule has 0 heterocycles. The lowest BCUT2D eigenvalue weighted by Gasteiger charge is -2.35. The van der Waals surface area contributed by atoms with Gasteiger partial charge in [0, 0.05) is 74.2 Å². The Kier molecular flexibility index (Phi) is 12.5. The third-order valence-corrected chi connectivity index (χ3v) is 9.66. The Morgan fingerprint density at radius 3 is 1.18 bits per heavy atom. The summed E-state index contributed by atoms with van der Waals surface area (Å²) in [7, 11) is 7.88. The van der Waals surface area contributed by atoms with Gasteiger partial charge in [-0.15, -0.1) is 0 Å². The third-order valence-electron chi connectivity index (χ3n) is 9.66. The van der Waals surface area contributed by atoms with Gasteiger partial charge in [0.25, 0.3) is 0 Å². The number of phenols is 3. The highest BCUT2D eigenvalue weighted by Crippen LogP contribution is 2.45. The Hall–Kier alpha value is -4.25. The van der Waals surface area contributed by atoms with Crippen molar-refractivity contribution in [3.63, 3.8) is 0 Å². The molecule has 0 aliphatic heterocycles. The average Bonchev–Trinajstić information content (AvgIpc) is 3.09. The largest absolute Gasteiger partial charge is 0.507 e. The van der Waals surface area contributed by atoms with E-state index in [4.69, 9.17) is 23.7 Å². The van der Waals surface area contributed by atoms with Gasteiger partial charge in [0.05, 0.1) is 38.6 Å². The summed E-state index contributed by atoms with van der Waals surface area (Å²) in [5.41, 5.74) is 6.37. The highest BCUT2D eigenvalue weighted by atomic mass is 16.5. The maximum Gasteiger partial charge on any atom is 0.163 e. The van der Waals surface area contributed by atoms with Crippen LogP contribution in [0.15, 0.2) is 60.7 Å². The van der Waals surface area contributed by atoms with E-state index in [2.05, 4.69) is 45.0 Å². The Morgan fingerprint density at radius 1 is 0.500 bits per heavy atom. The van der Waals surface area contributed by atoms with Crippen molar-refractivity contribution >= 4 is 5.78 Å². The second-order valence-electron chi connectivity index (χ2n) is 13.4. The van der Waals surface area contributed by atoms with Crippen LogP contribution >= 0.6 is 0 Å². The van der Waals surface area contributed by atoms with Crippen LogP contribution in [-0.4, -0.2) is 56.7 Å². The van der Waals surface area contributed by atoms with Crippen LogP contribution in [0.3, 0.4) is 0 Å². The highest BCUT2D eigenvalue weighted by Gasteiger charge is 2.35. The predicted molar refractivity (Wildman–Crippen MR) is 192 cm³/mol. The van der Waals surface area contributed by atoms with Crippen LogP contribution in [-0.2, 0) is 67.5 Å². The van der Waals surface area contributed by atoms with E-state index < -0.39 is 10.8 Å². The number of rotatable bonds is 16. The van der Waals surface area contributed by atoms with Crippen molar-refractivity contribution in [1.29, 1.82) is 0 Å². The zero-order valence-electron chi connectivity index (χ0n) is 30.6. The molecule has 50 heavy (non-hydrogen) atoms. The number of hydrogen-bond acceptors (Lipinski definition) is 9. The quantitative estimate of drug-likeness (QED) is 0.0816. The second-order valence-corrected chi connectivity index (χ2v) is 13.4. The number of Topliss-reactive ketones (excluding diaryl/α,β-unsaturated/α-hetero) is 1. The minimum Gasteiger partial charge on any atom is -0.507 e. The van der Waals surface area contributed by atoms with E-state index in [9.17, 15) is 20.1 Å². The van der Waals surface area contributed by atoms with Gasteiger partial charge in [-0.05, 0) is 78.1 Å². The molecule has 0 aliphatic rings. The first-order valence-corrected chi connectivity index (χ1v) is 16.4. The van der Waals surface area contributed by atoms with Gasteiger partial charge in [-0.1, -0.05) is 38.1 Å². The normalized spacial score (nSPS) is 13.0. The fourth-order valence-electron chi connectivity index (χ4n) is 6.64. The van der Waals surface area contributed by atoms with Crippen LogP contribution in [0, 0.1) is 0 Å². The topological polar surface area (TPSA) is 124 Å². The molecule has 0 saturated heterocycles. The van der Waals surface area contributed by atoms with Crippen molar-refractivity contribution in [2.24, 2.45) is 0 Å². The number of benzene rings is 4. The molecule has 4 rings (SSSR count).